The van der Waals surface area contributed by atoms with Gasteiger partial charge in [-0.15, -0.1) is 0 Å². The monoisotopic (exact) mass is 260 g/mol. The van der Waals surface area contributed by atoms with Crippen LogP contribution in [-0.2, 0) is 25.7 Å². The van der Waals surface area contributed by atoms with E-state index in [1.807, 2.05) is 30.3 Å². The van der Waals surface area contributed by atoms with Crippen molar-refractivity contribution in [2.75, 3.05) is 6.61 Å². The third-order valence-corrected chi connectivity index (χ3v) is 2.04. The van der Waals surface area contributed by atoms with E-state index in [4.69, 9.17) is 9.47 Å². The summed E-state index contributed by atoms with van der Waals surface area (Å²) >= 11 is 0. The van der Waals surface area contributed by atoms with Gasteiger partial charge >= 0.3 is 11.9 Å². The van der Waals surface area contributed by atoms with Crippen molar-refractivity contribution in [1.29, 1.82) is 0 Å². The van der Waals surface area contributed by atoms with Gasteiger partial charge in [0.25, 0.3) is 0 Å². The summed E-state index contributed by atoms with van der Waals surface area (Å²) in [6, 6.07) is 9.28. The molecule has 0 unspecified atom stereocenters. The molecule has 0 amide bonds. The molecule has 4 nitrogen and oxygen atoms in total. The standard InChI is InChI=1S/C15H16O4/c1-12(2)10-18-14(16)8-9-15(17)19-11-13-6-4-3-5-7-13/h3-9H,1,10-11H2,2H3/b9-8+. The van der Waals surface area contributed by atoms with Gasteiger partial charge in [0, 0.05) is 12.2 Å². The number of rotatable bonds is 6. The fourth-order valence-corrected chi connectivity index (χ4v) is 1.16. The Labute approximate surface area is 112 Å². The first-order valence-electron chi connectivity index (χ1n) is 5.78. The van der Waals surface area contributed by atoms with Crippen LogP contribution in [0.2, 0.25) is 0 Å². The summed E-state index contributed by atoms with van der Waals surface area (Å²) in [5, 5.41) is 0. The van der Waals surface area contributed by atoms with Crippen LogP contribution in [0.1, 0.15) is 12.5 Å². The van der Waals surface area contributed by atoms with E-state index in [0.29, 0.717) is 0 Å². The number of benzene rings is 1. The van der Waals surface area contributed by atoms with Gasteiger partial charge in [0.1, 0.15) is 13.2 Å². The Balaban J connectivity index is 2.30. The largest absolute Gasteiger partial charge is 0.458 e. The van der Waals surface area contributed by atoms with Crippen LogP contribution in [-0.4, -0.2) is 18.5 Å². The van der Waals surface area contributed by atoms with E-state index in [0.717, 1.165) is 23.3 Å². The first-order chi connectivity index (χ1) is 9.08. The quantitative estimate of drug-likeness (QED) is 0.448. The molecule has 4 heteroatoms. The molecule has 1 rings (SSSR count). The minimum Gasteiger partial charge on any atom is -0.458 e. The smallest absolute Gasteiger partial charge is 0.331 e. The van der Waals surface area contributed by atoms with Crippen molar-refractivity contribution in [3.8, 4) is 0 Å². The van der Waals surface area contributed by atoms with Crippen molar-refractivity contribution in [3.05, 3.63) is 60.2 Å². The maximum absolute atomic E-state index is 11.3. The molecular weight excluding hydrogens is 244 g/mol. The Hall–Kier alpha value is -2.36. The van der Waals surface area contributed by atoms with Crippen molar-refractivity contribution in [1.82, 2.24) is 0 Å². The summed E-state index contributed by atoms with van der Waals surface area (Å²) in [7, 11) is 0. The minimum atomic E-state index is -0.598. The minimum absolute atomic E-state index is 0.141. The number of hydrogen-bond donors (Lipinski definition) is 0. The Morgan fingerprint density at radius 2 is 1.68 bits per heavy atom. The fraction of sp³-hybridized carbons (Fsp3) is 0.200. The van der Waals surface area contributed by atoms with Gasteiger partial charge in [0.05, 0.1) is 0 Å². The molecule has 0 aliphatic rings. The van der Waals surface area contributed by atoms with Crippen molar-refractivity contribution in [3.63, 3.8) is 0 Å². The first kappa shape index (κ1) is 14.7. The SMILES string of the molecule is C=C(C)COC(=O)/C=C/C(=O)OCc1ccccc1. The van der Waals surface area contributed by atoms with Gasteiger partial charge < -0.3 is 9.47 Å². The van der Waals surface area contributed by atoms with Gasteiger partial charge in [-0.2, -0.15) is 0 Å². The Kier molecular flexibility index (Phi) is 6.09. The van der Waals surface area contributed by atoms with Gasteiger partial charge in [0.2, 0.25) is 0 Å². The molecule has 0 radical (unpaired) electrons. The highest BCUT2D eigenvalue weighted by Crippen LogP contribution is 2.01. The molecule has 1 aromatic rings. The van der Waals surface area contributed by atoms with Gasteiger partial charge in [-0.1, -0.05) is 36.9 Å². The normalized spacial score (nSPS) is 10.2. The van der Waals surface area contributed by atoms with E-state index in [-0.39, 0.29) is 13.2 Å². The van der Waals surface area contributed by atoms with Crippen LogP contribution in [0.3, 0.4) is 0 Å². The molecule has 100 valence electrons. The summed E-state index contributed by atoms with van der Waals surface area (Å²) in [4.78, 5) is 22.5. The molecule has 0 saturated heterocycles. The first-order valence-corrected chi connectivity index (χ1v) is 5.78. The molecule has 0 aliphatic carbocycles. The van der Waals surface area contributed by atoms with Crippen LogP contribution in [0.15, 0.2) is 54.6 Å². The summed E-state index contributed by atoms with van der Waals surface area (Å²) in [5.74, 6) is -1.18. The zero-order valence-corrected chi connectivity index (χ0v) is 10.8. The molecule has 0 bridgehead atoms. The molecule has 19 heavy (non-hydrogen) atoms. The van der Waals surface area contributed by atoms with Crippen molar-refractivity contribution in [2.24, 2.45) is 0 Å². The zero-order valence-electron chi connectivity index (χ0n) is 10.8. The summed E-state index contributed by atoms with van der Waals surface area (Å²) < 4.78 is 9.74. The van der Waals surface area contributed by atoms with E-state index < -0.39 is 11.9 Å². The molecule has 0 fully saturated rings. The van der Waals surface area contributed by atoms with Crippen LogP contribution in [0.4, 0.5) is 0 Å². The Bertz CT molecular complexity index is 474. The number of carbonyl (C=O) groups is 2. The van der Waals surface area contributed by atoms with Crippen LogP contribution in [0, 0.1) is 0 Å². The maximum Gasteiger partial charge on any atom is 0.331 e. The summed E-state index contributed by atoms with van der Waals surface area (Å²) in [6.07, 6.45) is 2.08. The third kappa shape index (κ3) is 6.83. The molecule has 0 aromatic heterocycles. The van der Waals surface area contributed by atoms with Crippen molar-refractivity contribution < 1.29 is 19.1 Å². The second-order valence-corrected chi connectivity index (χ2v) is 3.99. The fourth-order valence-electron chi connectivity index (χ4n) is 1.16. The predicted octanol–water partition coefficient (Wildman–Crippen LogP) is 2.41. The van der Waals surface area contributed by atoms with E-state index in [1.165, 1.54) is 0 Å². The lowest BCUT2D eigenvalue weighted by molar-refractivity contribution is -0.140. The number of carbonyl (C=O) groups excluding carboxylic acids is 2. The van der Waals surface area contributed by atoms with Crippen LogP contribution >= 0.6 is 0 Å². The lowest BCUT2D eigenvalue weighted by Crippen LogP contribution is -2.05. The molecule has 1 aromatic carbocycles. The van der Waals surface area contributed by atoms with Crippen LogP contribution in [0.5, 0.6) is 0 Å². The van der Waals surface area contributed by atoms with Crippen molar-refractivity contribution in [2.45, 2.75) is 13.5 Å². The average molecular weight is 260 g/mol. The highest BCUT2D eigenvalue weighted by atomic mass is 16.5. The molecular formula is C15H16O4. The molecule has 0 heterocycles. The van der Waals surface area contributed by atoms with Gasteiger partial charge in [-0.05, 0) is 18.1 Å². The lowest BCUT2D eigenvalue weighted by atomic mass is 10.2. The molecule has 0 spiro atoms. The van der Waals surface area contributed by atoms with E-state index in [9.17, 15) is 9.59 Å². The van der Waals surface area contributed by atoms with Gasteiger partial charge in [-0.25, -0.2) is 9.59 Å². The molecule has 0 aliphatic heterocycles. The van der Waals surface area contributed by atoms with Gasteiger partial charge in [0.15, 0.2) is 0 Å². The average Bonchev–Trinajstić information content (AvgIpc) is 2.41. The third-order valence-electron chi connectivity index (χ3n) is 2.04. The van der Waals surface area contributed by atoms with Crippen LogP contribution in [0.25, 0.3) is 0 Å². The van der Waals surface area contributed by atoms with Gasteiger partial charge in [-0.3, -0.25) is 0 Å². The highest BCUT2D eigenvalue weighted by molar-refractivity contribution is 5.91. The molecule has 0 N–H and O–H groups in total. The Morgan fingerprint density at radius 3 is 2.26 bits per heavy atom. The topological polar surface area (TPSA) is 52.6 Å². The maximum atomic E-state index is 11.3. The summed E-state index contributed by atoms with van der Waals surface area (Å²) in [6.45, 7) is 5.65. The number of hydrogen-bond acceptors (Lipinski definition) is 4. The van der Waals surface area contributed by atoms with E-state index in [2.05, 4.69) is 6.58 Å². The second-order valence-electron chi connectivity index (χ2n) is 3.99. The van der Waals surface area contributed by atoms with E-state index >= 15 is 0 Å². The zero-order chi connectivity index (χ0) is 14.1. The Morgan fingerprint density at radius 1 is 1.11 bits per heavy atom. The van der Waals surface area contributed by atoms with E-state index in [1.54, 1.807) is 6.92 Å². The van der Waals surface area contributed by atoms with Crippen LogP contribution < -0.4 is 0 Å². The van der Waals surface area contributed by atoms with Crippen molar-refractivity contribution >= 4 is 11.9 Å². The summed E-state index contributed by atoms with van der Waals surface area (Å²) in [5.41, 5.74) is 1.61. The molecule has 0 atom stereocenters. The highest BCUT2D eigenvalue weighted by Gasteiger charge is 2.01. The second kappa shape index (κ2) is 7.87. The number of esters is 2. The molecule has 0 saturated carbocycles. The predicted molar refractivity (Wildman–Crippen MR) is 71.2 cm³/mol. The lowest BCUT2D eigenvalue weighted by Gasteiger charge is -2.02. The number of ether oxygens (including phenoxy) is 2.